The Bertz CT molecular complexity index is 1120. The second-order valence-electron chi connectivity index (χ2n) is 6.19. The highest BCUT2D eigenvalue weighted by atomic mass is 32.1. The van der Waals surface area contributed by atoms with Gasteiger partial charge in [0.1, 0.15) is 10.0 Å². The van der Waals surface area contributed by atoms with Gasteiger partial charge in [-0.15, -0.1) is 11.3 Å². The smallest absolute Gasteiger partial charge is 0.345 e. The van der Waals surface area contributed by atoms with E-state index in [9.17, 15) is 52.7 Å². The van der Waals surface area contributed by atoms with Crippen LogP contribution in [0.5, 0.6) is 0 Å². The van der Waals surface area contributed by atoms with Crippen molar-refractivity contribution < 1.29 is 52.7 Å². The summed E-state index contributed by atoms with van der Waals surface area (Å²) in [6.45, 7) is 0. The minimum absolute atomic E-state index is 0.0220. The lowest BCUT2D eigenvalue weighted by Gasteiger charge is -2.15. The number of alkyl halides is 12. The molecule has 33 heavy (non-hydrogen) atoms. The normalized spacial score (nSPS) is 13.5. The quantitative estimate of drug-likeness (QED) is 0.347. The van der Waals surface area contributed by atoms with E-state index < -0.39 is 68.5 Å². The van der Waals surface area contributed by atoms with Gasteiger partial charge in [0.05, 0.1) is 16.7 Å². The van der Waals surface area contributed by atoms with E-state index >= 15 is 0 Å². The van der Waals surface area contributed by atoms with Gasteiger partial charge in [-0.25, -0.2) is 4.98 Å². The summed E-state index contributed by atoms with van der Waals surface area (Å²) < 4.78 is 160. The van der Waals surface area contributed by atoms with Crippen LogP contribution in [-0.4, -0.2) is 9.36 Å². The summed E-state index contributed by atoms with van der Waals surface area (Å²) in [6, 6.07) is 0.209. The summed E-state index contributed by atoms with van der Waals surface area (Å²) in [7, 11) is 0. The van der Waals surface area contributed by atoms with Crippen molar-refractivity contribution in [2.75, 3.05) is 5.32 Å². The maximum Gasteiger partial charge on any atom is 0.435 e. The average molecular weight is 531 g/mol. The largest absolute Gasteiger partial charge is 0.435 e. The topological polar surface area (TPSA) is 37.8 Å². The van der Waals surface area contributed by atoms with Crippen molar-refractivity contribution in [2.24, 2.45) is 0 Å². The van der Waals surface area contributed by atoms with Crippen LogP contribution in [0.2, 0.25) is 0 Å². The van der Waals surface area contributed by atoms with Gasteiger partial charge in [0.2, 0.25) is 0 Å². The Labute approximate surface area is 182 Å². The summed E-state index contributed by atoms with van der Waals surface area (Å²) in [5.74, 6) is 0. The van der Waals surface area contributed by atoms with Gasteiger partial charge in [0.25, 0.3) is 0 Å². The zero-order valence-corrected chi connectivity index (χ0v) is 16.7. The number of hydrogen-bond acceptors (Lipinski definition) is 5. The van der Waals surface area contributed by atoms with Gasteiger partial charge < -0.3 is 5.32 Å². The number of aromatic nitrogens is 2. The molecule has 0 saturated carbocycles. The molecule has 0 aliphatic rings. The Morgan fingerprint density at radius 3 is 1.67 bits per heavy atom. The molecule has 3 aromatic rings. The first-order valence-electron chi connectivity index (χ1n) is 8.04. The van der Waals surface area contributed by atoms with Crippen molar-refractivity contribution >= 4 is 33.6 Å². The van der Waals surface area contributed by atoms with E-state index in [1.165, 1.54) is 0 Å². The molecular weight excluding hydrogens is 526 g/mol. The molecule has 0 atom stereocenters. The Kier molecular flexibility index (Phi) is 6.10. The van der Waals surface area contributed by atoms with Crippen LogP contribution in [0.25, 0.3) is 10.6 Å². The highest BCUT2D eigenvalue weighted by Crippen LogP contribution is 2.47. The fourth-order valence-corrected chi connectivity index (χ4v) is 4.21. The van der Waals surface area contributed by atoms with E-state index in [0.717, 1.165) is 0 Å². The molecule has 3 nitrogen and oxygen atoms in total. The molecule has 0 bridgehead atoms. The van der Waals surface area contributed by atoms with Crippen LogP contribution in [0.1, 0.15) is 22.5 Å². The fourth-order valence-electron chi connectivity index (χ4n) is 2.44. The lowest BCUT2D eigenvalue weighted by atomic mass is 10.1. The standard InChI is InChI=1S/C16H5F12N3S2/c17-13(18,19)5-1-6(14(20,21)22)3-7(2-5)29-12-9(10(31-33-12)16(26,27)28)11-30-8(4-32-11)15(23,24)25/h1-4,29H. The van der Waals surface area contributed by atoms with E-state index in [1.54, 1.807) is 0 Å². The molecule has 0 amide bonds. The first-order chi connectivity index (χ1) is 14.9. The molecule has 2 heterocycles. The molecule has 1 aromatic carbocycles. The average Bonchev–Trinajstić information content (AvgIpc) is 3.26. The summed E-state index contributed by atoms with van der Waals surface area (Å²) >= 11 is 0.117. The Hall–Kier alpha value is -2.56. The number of nitrogens with one attached hydrogen (secondary N) is 1. The highest BCUT2D eigenvalue weighted by Gasteiger charge is 2.42. The molecule has 0 radical (unpaired) electrons. The lowest BCUT2D eigenvalue weighted by Crippen LogP contribution is -2.11. The van der Waals surface area contributed by atoms with Crippen LogP contribution in [0.4, 0.5) is 63.4 Å². The summed E-state index contributed by atoms with van der Waals surface area (Å²) in [6.07, 6.45) is -20.7. The summed E-state index contributed by atoms with van der Waals surface area (Å²) in [5, 5.41) is 0.793. The van der Waals surface area contributed by atoms with E-state index in [2.05, 4.69) is 9.36 Å². The van der Waals surface area contributed by atoms with Crippen LogP contribution < -0.4 is 5.32 Å². The van der Waals surface area contributed by atoms with Crippen molar-refractivity contribution in [1.29, 1.82) is 0 Å². The summed E-state index contributed by atoms with van der Waals surface area (Å²) in [5.41, 5.74) is -8.71. The third kappa shape index (κ3) is 5.51. The number of benzene rings is 1. The fraction of sp³-hybridized carbons (Fsp3) is 0.250. The van der Waals surface area contributed by atoms with E-state index in [0.29, 0.717) is 5.38 Å². The molecule has 17 heteroatoms. The molecular formula is C16H5F12N3S2. The third-order valence-corrected chi connectivity index (χ3v) is 5.44. The van der Waals surface area contributed by atoms with E-state index in [1.807, 2.05) is 5.32 Å². The van der Waals surface area contributed by atoms with Gasteiger partial charge >= 0.3 is 24.7 Å². The molecule has 0 aliphatic carbocycles. The van der Waals surface area contributed by atoms with Crippen molar-refractivity contribution in [2.45, 2.75) is 24.7 Å². The molecule has 0 aliphatic heterocycles. The SMILES string of the molecule is FC(F)(F)c1cc(Nc2snc(C(F)(F)F)c2-c2nc(C(F)(F)F)cs2)cc(C(F)(F)F)c1. The zero-order chi connectivity index (χ0) is 25.0. The number of halogens is 12. The highest BCUT2D eigenvalue weighted by molar-refractivity contribution is 7.15. The first kappa shape index (κ1) is 25.1. The van der Waals surface area contributed by atoms with Crippen LogP contribution in [0.15, 0.2) is 23.6 Å². The molecule has 0 fully saturated rings. The van der Waals surface area contributed by atoms with Gasteiger partial charge in [-0.05, 0) is 29.7 Å². The molecule has 0 spiro atoms. The third-order valence-electron chi connectivity index (χ3n) is 3.81. The van der Waals surface area contributed by atoms with Crippen molar-refractivity contribution in [1.82, 2.24) is 9.36 Å². The monoisotopic (exact) mass is 531 g/mol. The Morgan fingerprint density at radius 1 is 0.697 bits per heavy atom. The predicted molar refractivity (Wildman–Crippen MR) is 93.0 cm³/mol. The maximum absolute atomic E-state index is 13.3. The van der Waals surface area contributed by atoms with Gasteiger partial charge in [0.15, 0.2) is 11.4 Å². The lowest BCUT2D eigenvalue weighted by molar-refractivity contribution is -0.143. The number of rotatable bonds is 3. The van der Waals surface area contributed by atoms with Crippen molar-refractivity contribution in [3.8, 4) is 10.6 Å². The summed E-state index contributed by atoms with van der Waals surface area (Å²) in [4.78, 5) is 3.07. The molecule has 2 aromatic heterocycles. The van der Waals surface area contributed by atoms with E-state index in [4.69, 9.17) is 0 Å². The Morgan fingerprint density at radius 2 is 1.24 bits per heavy atom. The minimum Gasteiger partial charge on any atom is -0.345 e. The Balaban J connectivity index is 2.16. The van der Waals surface area contributed by atoms with Gasteiger partial charge in [0, 0.05) is 11.1 Å². The first-order valence-corrected chi connectivity index (χ1v) is 9.69. The van der Waals surface area contributed by atoms with Crippen LogP contribution in [0.3, 0.4) is 0 Å². The van der Waals surface area contributed by atoms with Gasteiger partial charge in [-0.3, -0.25) is 0 Å². The molecule has 0 unspecified atom stereocenters. The molecule has 0 saturated heterocycles. The van der Waals surface area contributed by atoms with Crippen LogP contribution in [-0.2, 0) is 24.7 Å². The molecule has 3 rings (SSSR count). The van der Waals surface area contributed by atoms with Crippen LogP contribution >= 0.6 is 22.9 Å². The second-order valence-corrected chi connectivity index (χ2v) is 7.82. The zero-order valence-electron chi connectivity index (χ0n) is 15.1. The molecule has 180 valence electrons. The van der Waals surface area contributed by atoms with Gasteiger partial charge in [-0.2, -0.15) is 57.1 Å². The second kappa shape index (κ2) is 8.03. The maximum atomic E-state index is 13.3. The van der Waals surface area contributed by atoms with Crippen LogP contribution in [0, 0.1) is 0 Å². The van der Waals surface area contributed by atoms with Crippen molar-refractivity contribution in [3.05, 3.63) is 46.1 Å². The predicted octanol–water partition coefficient (Wildman–Crippen LogP) is 8.09. The number of nitrogens with zero attached hydrogens (tertiary/aromatic N) is 2. The number of anilines is 2. The van der Waals surface area contributed by atoms with E-state index in [-0.39, 0.29) is 41.1 Å². The number of thiazole rings is 1. The molecule has 1 N–H and O–H groups in total. The minimum atomic E-state index is -5.23. The van der Waals surface area contributed by atoms with Gasteiger partial charge in [-0.1, -0.05) is 0 Å². The number of hydrogen-bond donors (Lipinski definition) is 1. The van der Waals surface area contributed by atoms with Crippen molar-refractivity contribution in [3.63, 3.8) is 0 Å².